The monoisotopic (exact) mass is 270 g/mol. The lowest BCUT2D eigenvalue weighted by molar-refractivity contribution is -0.129. The van der Waals surface area contributed by atoms with E-state index in [1.165, 1.54) is 0 Å². The number of unbranched alkanes of at least 4 members (excludes halogenated alkanes) is 1. The number of aryl methyl sites for hydroxylation is 1. The Morgan fingerprint density at radius 3 is 2.80 bits per heavy atom. The molecule has 0 aliphatic rings. The molecule has 0 unspecified atom stereocenters. The van der Waals surface area contributed by atoms with Gasteiger partial charge in [0.25, 0.3) is 0 Å². The van der Waals surface area contributed by atoms with Gasteiger partial charge in [-0.15, -0.1) is 0 Å². The number of amides is 1. The number of aromatic nitrogens is 1. The van der Waals surface area contributed by atoms with Gasteiger partial charge >= 0.3 is 0 Å². The van der Waals surface area contributed by atoms with Crippen molar-refractivity contribution in [2.24, 2.45) is 0 Å². The molecule has 3 nitrogen and oxygen atoms in total. The van der Waals surface area contributed by atoms with Crippen LogP contribution in [0.15, 0.2) is 36.4 Å². The lowest BCUT2D eigenvalue weighted by Crippen LogP contribution is -2.27. The van der Waals surface area contributed by atoms with Crippen LogP contribution in [0.4, 0.5) is 0 Å². The van der Waals surface area contributed by atoms with Gasteiger partial charge in [0, 0.05) is 31.1 Å². The van der Waals surface area contributed by atoms with E-state index in [1.807, 2.05) is 36.2 Å². The molecular weight excluding hydrogens is 248 g/mol. The molecule has 0 bridgehead atoms. The Balaban J connectivity index is 1.93. The minimum atomic E-state index is 0.202. The Hall–Kier alpha value is -1.90. The fraction of sp³-hybridized carbons (Fsp3) is 0.412. The van der Waals surface area contributed by atoms with E-state index in [-0.39, 0.29) is 5.91 Å². The standard InChI is InChI=1S/C17H22N2O/c1-3-4-13-19(2)17(20)12-11-15-10-9-14-7-5-6-8-16(14)18-15/h5-10H,3-4,11-13H2,1-2H3. The molecular formula is C17H22N2O. The third-order valence-corrected chi connectivity index (χ3v) is 3.52. The van der Waals surface area contributed by atoms with E-state index in [2.05, 4.69) is 24.0 Å². The first kappa shape index (κ1) is 14.5. The summed E-state index contributed by atoms with van der Waals surface area (Å²) in [6, 6.07) is 12.1. The smallest absolute Gasteiger partial charge is 0.222 e. The molecule has 0 atom stereocenters. The molecule has 0 fully saturated rings. The summed E-state index contributed by atoms with van der Waals surface area (Å²) in [7, 11) is 1.88. The fourth-order valence-corrected chi connectivity index (χ4v) is 2.19. The summed E-state index contributed by atoms with van der Waals surface area (Å²) in [5, 5.41) is 1.14. The molecule has 2 aromatic rings. The lowest BCUT2D eigenvalue weighted by Gasteiger charge is -2.16. The molecule has 0 aliphatic heterocycles. The molecule has 0 N–H and O–H groups in total. The number of hydrogen-bond donors (Lipinski definition) is 0. The molecule has 0 aliphatic carbocycles. The third kappa shape index (κ3) is 3.80. The van der Waals surface area contributed by atoms with Crippen LogP contribution in [0.1, 0.15) is 31.9 Å². The van der Waals surface area contributed by atoms with Crippen LogP contribution in [-0.2, 0) is 11.2 Å². The second-order valence-electron chi connectivity index (χ2n) is 5.16. The average molecular weight is 270 g/mol. The van der Waals surface area contributed by atoms with Gasteiger partial charge in [-0.2, -0.15) is 0 Å². The van der Waals surface area contributed by atoms with Gasteiger partial charge < -0.3 is 4.90 Å². The van der Waals surface area contributed by atoms with Gasteiger partial charge in [-0.05, 0) is 25.0 Å². The Kier molecular flexibility index (Phi) is 5.10. The van der Waals surface area contributed by atoms with Gasteiger partial charge in [0.2, 0.25) is 5.91 Å². The van der Waals surface area contributed by atoms with Crippen molar-refractivity contribution in [1.82, 2.24) is 9.88 Å². The van der Waals surface area contributed by atoms with Crippen molar-refractivity contribution in [3.63, 3.8) is 0 Å². The van der Waals surface area contributed by atoms with Crippen LogP contribution in [0, 0.1) is 0 Å². The van der Waals surface area contributed by atoms with Crippen LogP contribution in [0.5, 0.6) is 0 Å². The number of benzene rings is 1. The van der Waals surface area contributed by atoms with Crippen LogP contribution in [0.25, 0.3) is 10.9 Å². The second-order valence-corrected chi connectivity index (χ2v) is 5.16. The highest BCUT2D eigenvalue weighted by atomic mass is 16.2. The number of pyridine rings is 1. The highest BCUT2D eigenvalue weighted by Crippen LogP contribution is 2.13. The van der Waals surface area contributed by atoms with Crippen LogP contribution >= 0.6 is 0 Å². The quantitative estimate of drug-likeness (QED) is 0.805. The normalized spacial score (nSPS) is 10.7. The zero-order valence-electron chi connectivity index (χ0n) is 12.3. The number of rotatable bonds is 6. The third-order valence-electron chi connectivity index (χ3n) is 3.52. The molecule has 2 rings (SSSR count). The average Bonchev–Trinajstić information content (AvgIpc) is 2.50. The first-order valence-electron chi connectivity index (χ1n) is 7.29. The van der Waals surface area contributed by atoms with Crippen molar-refractivity contribution < 1.29 is 4.79 Å². The van der Waals surface area contributed by atoms with E-state index in [9.17, 15) is 4.79 Å². The van der Waals surface area contributed by atoms with E-state index in [1.54, 1.807) is 0 Å². The van der Waals surface area contributed by atoms with E-state index >= 15 is 0 Å². The second kappa shape index (κ2) is 7.04. The lowest BCUT2D eigenvalue weighted by atomic mass is 10.1. The minimum absolute atomic E-state index is 0.202. The molecule has 1 aromatic heterocycles. The van der Waals surface area contributed by atoms with E-state index in [0.717, 1.165) is 36.0 Å². The van der Waals surface area contributed by atoms with Crippen molar-refractivity contribution in [2.75, 3.05) is 13.6 Å². The Labute approximate surface area is 120 Å². The SMILES string of the molecule is CCCCN(C)C(=O)CCc1ccc2ccccc2n1. The van der Waals surface area contributed by atoms with E-state index < -0.39 is 0 Å². The Morgan fingerprint density at radius 2 is 2.00 bits per heavy atom. The molecule has 1 heterocycles. The van der Waals surface area contributed by atoms with Crippen LogP contribution in [0.3, 0.4) is 0 Å². The summed E-state index contributed by atoms with van der Waals surface area (Å²) in [5.41, 5.74) is 1.98. The first-order valence-corrected chi connectivity index (χ1v) is 7.29. The number of carbonyl (C=O) groups excluding carboxylic acids is 1. The maximum absolute atomic E-state index is 12.0. The highest BCUT2D eigenvalue weighted by Gasteiger charge is 2.08. The van der Waals surface area contributed by atoms with Crippen LogP contribution in [-0.4, -0.2) is 29.4 Å². The molecule has 0 radical (unpaired) electrons. The number of carbonyl (C=O) groups is 1. The number of fused-ring (bicyclic) bond motifs is 1. The molecule has 0 saturated heterocycles. The fourth-order valence-electron chi connectivity index (χ4n) is 2.19. The predicted octanol–water partition coefficient (Wildman–Crippen LogP) is 3.43. The van der Waals surface area contributed by atoms with Crippen molar-refractivity contribution in [2.45, 2.75) is 32.6 Å². The molecule has 1 amide bonds. The van der Waals surface area contributed by atoms with Gasteiger partial charge in [0.05, 0.1) is 5.52 Å². The maximum atomic E-state index is 12.0. The first-order chi connectivity index (χ1) is 9.70. The molecule has 1 aromatic carbocycles. The highest BCUT2D eigenvalue weighted by molar-refractivity contribution is 5.79. The number of hydrogen-bond acceptors (Lipinski definition) is 2. The Bertz CT molecular complexity index is 580. The van der Waals surface area contributed by atoms with E-state index in [4.69, 9.17) is 0 Å². The van der Waals surface area contributed by atoms with Gasteiger partial charge in [-0.25, -0.2) is 0 Å². The molecule has 3 heteroatoms. The molecule has 20 heavy (non-hydrogen) atoms. The molecule has 0 spiro atoms. The van der Waals surface area contributed by atoms with Crippen LogP contribution < -0.4 is 0 Å². The van der Waals surface area contributed by atoms with Gasteiger partial charge in [0.15, 0.2) is 0 Å². The van der Waals surface area contributed by atoms with Crippen molar-refractivity contribution in [3.05, 3.63) is 42.1 Å². The topological polar surface area (TPSA) is 33.2 Å². The summed E-state index contributed by atoms with van der Waals surface area (Å²) >= 11 is 0. The summed E-state index contributed by atoms with van der Waals surface area (Å²) in [6.07, 6.45) is 3.42. The van der Waals surface area contributed by atoms with Gasteiger partial charge in [0.1, 0.15) is 0 Å². The number of nitrogens with zero attached hydrogens (tertiary/aromatic N) is 2. The summed E-state index contributed by atoms with van der Waals surface area (Å²) in [5.74, 6) is 0.202. The summed E-state index contributed by atoms with van der Waals surface area (Å²) < 4.78 is 0. The van der Waals surface area contributed by atoms with Gasteiger partial charge in [-0.1, -0.05) is 37.6 Å². The molecule has 0 saturated carbocycles. The van der Waals surface area contributed by atoms with E-state index in [0.29, 0.717) is 12.8 Å². The Morgan fingerprint density at radius 1 is 1.20 bits per heavy atom. The molecule has 106 valence electrons. The van der Waals surface area contributed by atoms with Crippen molar-refractivity contribution in [3.8, 4) is 0 Å². The summed E-state index contributed by atoms with van der Waals surface area (Å²) in [6.45, 7) is 2.98. The number of para-hydroxylation sites is 1. The minimum Gasteiger partial charge on any atom is -0.346 e. The van der Waals surface area contributed by atoms with Crippen molar-refractivity contribution >= 4 is 16.8 Å². The zero-order chi connectivity index (χ0) is 14.4. The van der Waals surface area contributed by atoms with Gasteiger partial charge in [-0.3, -0.25) is 9.78 Å². The zero-order valence-corrected chi connectivity index (χ0v) is 12.3. The largest absolute Gasteiger partial charge is 0.346 e. The predicted molar refractivity (Wildman–Crippen MR) is 82.6 cm³/mol. The van der Waals surface area contributed by atoms with Crippen molar-refractivity contribution in [1.29, 1.82) is 0 Å². The maximum Gasteiger partial charge on any atom is 0.222 e. The van der Waals surface area contributed by atoms with Crippen LogP contribution in [0.2, 0.25) is 0 Å². The summed E-state index contributed by atoms with van der Waals surface area (Å²) in [4.78, 5) is 18.4.